The molecular weight excluding hydrogens is 423 g/mol. The van der Waals surface area contributed by atoms with Crippen molar-refractivity contribution in [1.82, 2.24) is 20.2 Å². The lowest BCUT2D eigenvalue weighted by Crippen LogP contribution is -2.54. The van der Waals surface area contributed by atoms with Gasteiger partial charge in [0.1, 0.15) is 11.9 Å². The minimum absolute atomic E-state index is 0.0203. The number of likely N-dealkylation sites (tertiary alicyclic amines) is 1. The smallest absolute Gasteiger partial charge is 0.407 e. The average molecular weight is 446 g/mol. The molecule has 0 radical (unpaired) electrons. The van der Waals surface area contributed by atoms with Gasteiger partial charge in [0.05, 0.1) is 23.0 Å². The summed E-state index contributed by atoms with van der Waals surface area (Å²) in [6.07, 6.45) is 4.37. The first-order valence-electron chi connectivity index (χ1n) is 8.29. The van der Waals surface area contributed by atoms with Crippen LogP contribution in [0, 0.1) is 15.5 Å². The van der Waals surface area contributed by atoms with Crippen LogP contribution >= 0.6 is 22.6 Å². The molecule has 2 unspecified atom stereocenters. The zero-order valence-corrected chi connectivity index (χ0v) is 16.2. The van der Waals surface area contributed by atoms with Crippen LogP contribution < -0.4 is 5.32 Å². The molecule has 1 aromatic rings. The Bertz CT molecular complexity index is 633. The van der Waals surface area contributed by atoms with Gasteiger partial charge in [-0.15, -0.1) is 0 Å². The molecule has 2 heterocycles. The van der Waals surface area contributed by atoms with Gasteiger partial charge in [0.25, 0.3) is 0 Å². The molecule has 2 aliphatic rings. The Labute approximate surface area is 155 Å². The summed E-state index contributed by atoms with van der Waals surface area (Å²) < 4.78 is 5.64. The highest BCUT2D eigenvalue weighted by Crippen LogP contribution is 2.49. The number of amides is 2. The van der Waals surface area contributed by atoms with E-state index in [1.807, 2.05) is 18.7 Å². The molecule has 2 fully saturated rings. The number of carbonyl (C=O) groups is 2. The quantitative estimate of drug-likeness (QED) is 0.696. The van der Waals surface area contributed by atoms with Gasteiger partial charge in [-0.25, -0.2) is 9.78 Å². The van der Waals surface area contributed by atoms with Crippen molar-refractivity contribution in [2.45, 2.75) is 51.2 Å². The van der Waals surface area contributed by atoms with Gasteiger partial charge in [-0.05, 0) is 53.7 Å². The Morgan fingerprint density at radius 1 is 1.46 bits per heavy atom. The van der Waals surface area contributed by atoms with E-state index in [2.05, 4.69) is 42.6 Å². The number of piperidine rings is 1. The number of rotatable bonds is 4. The second kappa shape index (κ2) is 6.89. The lowest BCUT2D eigenvalue weighted by molar-refractivity contribution is -0.139. The molecule has 8 heteroatoms. The monoisotopic (exact) mass is 446 g/mol. The zero-order valence-electron chi connectivity index (χ0n) is 14.1. The highest BCUT2D eigenvalue weighted by Gasteiger charge is 2.51. The summed E-state index contributed by atoms with van der Waals surface area (Å²) in [6.45, 7) is 3.86. The molecule has 4 atom stereocenters. The van der Waals surface area contributed by atoms with Crippen LogP contribution in [0.3, 0.4) is 0 Å². The maximum absolute atomic E-state index is 13.2. The minimum Gasteiger partial charge on any atom is -0.453 e. The topological polar surface area (TPSA) is 87.3 Å². The van der Waals surface area contributed by atoms with Gasteiger partial charge in [-0.3, -0.25) is 4.79 Å². The maximum atomic E-state index is 13.2. The molecular formula is C16H23IN4O3. The van der Waals surface area contributed by atoms with Crippen LogP contribution in [-0.2, 0) is 9.53 Å². The van der Waals surface area contributed by atoms with Crippen molar-refractivity contribution in [1.29, 1.82) is 0 Å². The Morgan fingerprint density at radius 3 is 2.79 bits per heavy atom. The van der Waals surface area contributed by atoms with Crippen LogP contribution in [0.4, 0.5) is 4.79 Å². The number of halogens is 1. The predicted octanol–water partition coefficient (Wildman–Crippen LogP) is 2.45. The fourth-order valence-corrected chi connectivity index (χ4v) is 4.40. The molecule has 132 valence electrons. The largest absolute Gasteiger partial charge is 0.453 e. The first-order valence-corrected chi connectivity index (χ1v) is 9.37. The number of ether oxygens (including phenoxy) is 1. The summed E-state index contributed by atoms with van der Waals surface area (Å²) in [4.78, 5) is 34.6. The van der Waals surface area contributed by atoms with E-state index in [9.17, 15) is 9.59 Å². The number of imidazole rings is 1. The van der Waals surface area contributed by atoms with E-state index < -0.39 is 12.1 Å². The van der Waals surface area contributed by atoms with E-state index >= 15 is 0 Å². The SMILES string of the molecule is COC(=O)N[C@H](C(=O)N1C2CCC(C2)[C@H]1c1ncc(I)[nH]1)C(C)C. The number of nitrogens with zero attached hydrogens (tertiary/aromatic N) is 2. The predicted molar refractivity (Wildman–Crippen MR) is 96.2 cm³/mol. The Balaban J connectivity index is 1.86. The van der Waals surface area contributed by atoms with E-state index in [-0.39, 0.29) is 23.9 Å². The molecule has 7 nitrogen and oxygen atoms in total. The number of carbonyl (C=O) groups excluding carboxylic acids is 2. The van der Waals surface area contributed by atoms with Crippen molar-refractivity contribution < 1.29 is 14.3 Å². The Morgan fingerprint density at radius 2 is 2.21 bits per heavy atom. The summed E-state index contributed by atoms with van der Waals surface area (Å²) >= 11 is 2.19. The maximum Gasteiger partial charge on any atom is 0.407 e. The standard InChI is InChI=1S/C16H23IN4O3/c1-8(2)12(20-16(23)24-3)15(22)21-10-5-4-9(6-10)13(21)14-18-7-11(17)19-14/h7-10,12-13H,4-6H2,1-3H3,(H,18,19)(H,20,23)/t9?,10?,12-,13-/m0/s1. The zero-order chi connectivity index (χ0) is 17.4. The number of methoxy groups -OCH3 is 1. The molecule has 0 spiro atoms. The molecule has 3 rings (SSSR count). The van der Waals surface area contributed by atoms with E-state index in [1.54, 1.807) is 6.20 Å². The number of aromatic amines is 1. The molecule has 24 heavy (non-hydrogen) atoms. The molecule has 1 saturated carbocycles. The molecule has 1 saturated heterocycles. The normalized spacial score (nSPS) is 26.7. The molecule has 1 aliphatic carbocycles. The molecule has 2 amide bonds. The van der Waals surface area contributed by atoms with Crippen molar-refractivity contribution in [3.05, 3.63) is 15.7 Å². The van der Waals surface area contributed by atoms with Crippen LogP contribution in [0.5, 0.6) is 0 Å². The van der Waals surface area contributed by atoms with Gasteiger partial charge in [-0.1, -0.05) is 13.8 Å². The van der Waals surface area contributed by atoms with Crippen molar-refractivity contribution in [2.24, 2.45) is 11.8 Å². The second-order valence-corrected chi connectivity index (χ2v) is 8.05. The average Bonchev–Trinajstić information content (AvgIpc) is 3.26. The first-order chi connectivity index (χ1) is 11.4. The molecule has 2 bridgehead atoms. The number of nitrogens with one attached hydrogen (secondary N) is 2. The number of hydrogen-bond acceptors (Lipinski definition) is 4. The molecule has 1 aromatic heterocycles. The third-order valence-electron chi connectivity index (χ3n) is 5.08. The summed E-state index contributed by atoms with van der Waals surface area (Å²) in [5.74, 6) is 1.22. The number of alkyl carbamates (subject to hydrolysis) is 1. The summed E-state index contributed by atoms with van der Waals surface area (Å²) in [5, 5.41) is 2.70. The minimum atomic E-state index is -0.590. The highest BCUT2D eigenvalue weighted by atomic mass is 127. The van der Waals surface area contributed by atoms with Gasteiger partial charge < -0.3 is 19.9 Å². The first kappa shape index (κ1) is 17.5. The highest BCUT2D eigenvalue weighted by molar-refractivity contribution is 14.1. The van der Waals surface area contributed by atoms with Crippen LogP contribution in [0.2, 0.25) is 0 Å². The number of aromatic nitrogens is 2. The van der Waals surface area contributed by atoms with Crippen LogP contribution in [0.15, 0.2) is 6.20 Å². The lowest BCUT2D eigenvalue weighted by Gasteiger charge is -2.37. The van der Waals surface area contributed by atoms with Gasteiger partial charge in [0.15, 0.2) is 0 Å². The number of H-pyrrole nitrogens is 1. The van der Waals surface area contributed by atoms with Gasteiger partial charge in [-0.2, -0.15) is 0 Å². The van der Waals surface area contributed by atoms with Gasteiger partial charge in [0, 0.05) is 6.04 Å². The molecule has 2 N–H and O–H groups in total. The molecule has 0 aromatic carbocycles. The third kappa shape index (κ3) is 3.12. The Hall–Kier alpha value is -1.32. The van der Waals surface area contributed by atoms with E-state index in [0.717, 1.165) is 28.8 Å². The van der Waals surface area contributed by atoms with Crippen LogP contribution in [-0.4, -0.2) is 46.1 Å². The second-order valence-electron chi connectivity index (χ2n) is 6.89. The Kier molecular flexibility index (Phi) is 5.03. The number of fused-ring (bicyclic) bond motifs is 2. The van der Waals surface area contributed by atoms with Gasteiger partial charge in [0.2, 0.25) is 5.91 Å². The van der Waals surface area contributed by atoms with E-state index in [4.69, 9.17) is 0 Å². The third-order valence-corrected chi connectivity index (χ3v) is 5.62. The van der Waals surface area contributed by atoms with Crippen molar-refractivity contribution in [3.8, 4) is 0 Å². The van der Waals surface area contributed by atoms with E-state index in [0.29, 0.717) is 5.92 Å². The van der Waals surface area contributed by atoms with Crippen molar-refractivity contribution in [2.75, 3.05) is 7.11 Å². The van der Waals surface area contributed by atoms with E-state index in [1.165, 1.54) is 7.11 Å². The van der Waals surface area contributed by atoms with Crippen molar-refractivity contribution in [3.63, 3.8) is 0 Å². The van der Waals surface area contributed by atoms with Crippen molar-refractivity contribution >= 4 is 34.6 Å². The fourth-order valence-electron chi connectivity index (χ4n) is 3.98. The number of hydrogen-bond donors (Lipinski definition) is 2. The molecule has 1 aliphatic heterocycles. The van der Waals surface area contributed by atoms with Crippen LogP contribution in [0.1, 0.15) is 45.0 Å². The summed E-state index contributed by atoms with van der Waals surface area (Å²) in [7, 11) is 1.31. The van der Waals surface area contributed by atoms with Gasteiger partial charge >= 0.3 is 6.09 Å². The fraction of sp³-hybridized carbons (Fsp3) is 0.688. The summed E-state index contributed by atoms with van der Waals surface area (Å²) in [5.41, 5.74) is 0. The lowest BCUT2D eigenvalue weighted by atomic mass is 9.95. The summed E-state index contributed by atoms with van der Waals surface area (Å²) in [6, 6.07) is -0.384. The van der Waals surface area contributed by atoms with Crippen LogP contribution in [0.25, 0.3) is 0 Å².